The quantitative estimate of drug-likeness (QED) is 0.714. The molecule has 0 aliphatic rings. The molecule has 0 aliphatic heterocycles. The third kappa shape index (κ3) is 5.38. The zero-order valence-corrected chi connectivity index (χ0v) is 14.0. The molecule has 1 aromatic carbocycles. The third-order valence-corrected chi connectivity index (χ3v) is 3.53. The van der Waals surface area contributed by atoms with E-state index in [4.69, 9.17) is 0 Å². The number of nitrogens with zero attached hydrogens (tertiary/aromatic N) is 3. The Morgan fingerprint density at radius 1 is 1.15 bits per heavy atom. The first kappa shape index (κ1) is 18.6. The molecule has 3 rings (SSSR count). The van der Waals surface area contributed by atoms with Gasteiger partial charge in [0.25, 0.3) is 5.91 Å². The number of imidazole rings is 1. The summed E-state index contributed by atoms with van der Waals surface area (Å²) >= 11 is 0. The number of anilines is 1. The van der Waals surface area contributed by atoms with Gasteiger partial charge >= 0.3 is 6.18 Å². The van der Waals surface area contributed by atoms with Crippen LogP contribution in [0.15, 0.2) is 61.3 Å². The van der Waals surface area contributed by atoms with E-state index in [0.717, 1.165) is 0 Å². The number of amides is 1. The minimum Gasteiger partial charge on any atom is -0.367 e. The molecule has 0 unspecified atom stereocenters. The van der Waals surface area contributed by atoms with Gasteiger partial charge in [-0.3, -0.25) is 9.36 Å². The molecule has 2 aromatic heterocycles. The van der Waals surface area contributed by atoms with Gasteiger partial charge in [-0.2, -0.15) is 13.2 Å². The van der Waals surface area contributed by atoms with Crippen LogP contribution in [-0.2, 0) is 11.3 Å². The molecule has 0 aliphatic carbocycles. The number of alkyl halides is 3. The molecule has 1 amide bonds. The highest BCUT2D eigenvalue weighted by molar-refractivity contribution is 6.04. The van der Waals surface area contributed by atoms with E-state index in [9.17, 15) is 18.0 Å². The third-order valence-electron chi connectivity index (χ3n) is 3.53. The minimum atomic E-state index is -4.36. The molecule has 0 atom stereocenters. The summed E-state index contributed by atoms with van der Waals surface area (Å²) < 4.78 is 42.5. The number of carbonyl (C=O) groups is 1. The summed E-state index contributed by atoms with van der Waals surface area (Å²) in [6.45, 7) is -1.49. The van der Waals surface area contributed by atoms with Crippen molar-refractivity contribution in [2.45, 2.75) is 12.8 Å². The normalized spacial score (nSPS) is 11.4. The topological polar surface area (TPSA) is 69.0 Å². The van der Waals surface area contributed by atoms with Crippen LogP contribution in [0, 0.1) is 0 Å². The molecule has 140 valence electrons. The lowest BCUT2D eigenvalue weighted by Crippen LogP contribution is -2.16. The molecule has 0 radical (unpaired) electrons. The lowest BCUT2D eigenvalue weighted by molar-refractivity contribution is -0.176. The molecule has 0 saturated carbocycles. The highest BCUT2D eigenvalue weighted by Gasteiger charge is 2.27. The zero-order chi connectivity index (χ0) is 19.3. The Morgan fingerprint density at radius 2 is 1.93 bits per heavy atom. The Morgan fingerprint density at radius 3 is 2.52 bits per heavy atom. The van der Waals surface area contributed by atoms with Crippen LogP contribution in [0.25, 0.3) is 5.82 Å². The van der Waals surface area contributed by atoms with E-state index in [2.05, 4.69) is 20.0 Å². The lowest BCUT2D eigenvalue weighted by atomic mass is 10.1. The molecule has 6 nitrogen and oxygen atoms in total. The molecule has 3 aromatic rings. The van der Waals surface area contributed by atoms with Crippen molar-refractivity contribution in [2.24, 2.45) is 0 Å². The van der Waals surface area contributed by atoms with Crippen molar-refractivity contribution in [3.63, 3.8) is 0 Å². The first-order chi connectivity index (χ1) is 12.9. The second-order valence-corrected chi connectivity index (χ2v) is 5.63. The van der Waals surface area contributed by atoms with Gasteiger partial charge in [-0.15, -0.1) is 0 Å². The molecule has 1 N–H and O–H groups in total. The van der Waals surface area contributed by atoms with Gasteiger partial charge < -0.3 is 10.1 Å². The van der Waals surface area contributed by atoms with Crippen molar-refractivity contribution in [2.75, 3.05) is 11.9 Å². The number of hydrogen-bond donors (Lipinski definition) is 1. The average molecular weight is 376 g/mol. The number of benzene rings is 1. The van der Waals surface area contributed by atoms with Crippen molar-refractivity contribution in [1.82, 2.24) is 14.5 Å². The Hall–Kier alpha value is -3.20. The first-order valence-electron chi connectivity index (χ1n) is 7.90. The van der Waals surface area contributed by atoms with Crippen LogP contribution >= 0.6 is 0 Å². The highest BCUT2D eigenvalue weighted by Crippen LogP contribution is 2.16. The second-order valence-electron chi connectivity index (χ2n) is 5.63. The van der Waals surface area contributed by atoms with Crippen molar-refractivity contribution in [3.8, 4) is 5.82 Å². The maximum atomic E-state index is 12.3. The van der Waals surface area contributed by atoms with Crippen LogP contribution in [0.4, 0.5) is 18.9 Å². The lowest BCUT2D eigenvalue weighted by Gasteiger charge is -2.09. The summed E-state index contributed by atoms with van der Waals surface area (Å²) in [4.78, 5) is 20.4. The van der Waals surface area contributed by atoms with Crippen molar-refractivity contribution in [3.05, 3.63) is 72.4 Å². The Kier molecular flexibility index (Phi) is 5.51. The van der Waals surface area contributed by atoms with Crippen LogP contribution in [-0.4, -0.2) is 33.2 Å². The van der Waals surface area contributed by atoms with Gasteiger partial charge in [0.2, 0.25) is 0 Å². The summed E-state index contributed by atoms with van der Waals surface area (Å²) in [5.41, 5.74) is 1.43. The van der Waals surface area contributed by atoms with Crippen LogP contribution < -0.4 is 5.32 Å². The number of halogens is 3. The second kappa shape index (κ2) is 8.00. The number of hydrogen-bond acceptors (Lipinski definition) is 4. The first-order valence-corrected chi connectivity index (χ1v) is 7.90. The number of nitrogens with one attached hydrogen (secondary N) is 1. The van der Waals surface area contributed by atoms with E-state index in [1.54, 1.807) is 47.6 Å². The summed E-state index contributed by atoms with van der Waals surface area (Å²) in [5, 5.41) is 2.71. The van der Waals surface area contributed by atoms with E-state index in [-0.39, 0.29) is 12.5 Å². The zero-order valence-electron chi connectivity index (χ0n) is 14.0. The van der Waals surface area contributed by atoms with Crippen LogP contribution in [0.1, 0.15) is 15.9 Å². The molecule has 27 heavy (non-hydrogen) atoms. The van der Waals surface area contributed by atoms with E-state index in [1.165, 1.54) is 18.3 Å². The SMILES string of the molecule is O=C(Nc1ccc(-n2ccnc2)nc1)c1ccc(COCC(F)(F)F)cc1. The Balaban J connectivity index is 1.56. The van der Waals surface area contributed by atoms with E-state index in [0.29, 0.717) is 22.6 Å². The molecular formula is C18H15F3N4O2. The van der Waals surface area contributed by atoms with Gasteiger partial charge in [-0.25, -0.2) is 9.97 Å². The van der Waals surface area contributed by atoms with Gasteiger partial charge in [0.05, 0.1) is 18.5 Å². The maximum absolute atomic E-state index is 12.3. The molecule has 9 heteroatoms. The maximum Gasteiger partial charge on any atom is 0.411 e. The molecule has 2 heterocycles. The number of ether oxygens (including phenoxy) is 1. The van der Waals surface area contributed by atoms with Gasteiger partial charge in [-0.05, 0) is 29.8 Å². The summed E-state index contributed by atoms with van der Waals surface area (Å²) in [6.07, 6.45) is 2.16. The average Bonchev–Trinajstić information content (AvgIpc) is 3.16. The number of aromatic nitrogens is 3. The van der Waals surface area contributed by atoms with Crippen LogP contribution in [0.3, 0.4) is 0 Å². The molecule has 0 spiro atoms. The Labute approximate surface area is 152 Å². The van der Waals surface area contributed by atoms with E-state index in [1.807, 2.05) is 0 Å². The Bertz CT molecular complexity index is 876. The standard InChI is InChI=1S/C18H15F3N4O2/c19-18(20,21)11-27-10-13-1-3-14(4-2-13)17(26)24-15-5-6-16(23-9-15)25-8-7-22-12-25/h1-9,12H,10-11H2,(H,24,26). The summed E-state index contributed by atoms with van der Waals surface area (Å²) in [5.74, 6) is 0.309. The summed E-state index contributed by atoms with van der Waals surface area (Å²) in [7, 11) is 0. The molecular weight excluding hydrogens is 361 g/mol. The van der Waals surface area contributed by atoms with Crippen molar-refractivity contribution in [1.29, 1.82) is 0 Å². The molecule has 0 saturated heterocycles. The van der Waals surface area contributed by atoms with E-state index < -0.39 is 12.8 Å². The number of carbonyl (C=O) groups excluding carboxylic acids is 1. The fourth-order valence-electron chi connectivity index (χ4n) is 2.25. The number of rotatable bonds is 6. The molecule has 0 fully saturated rings. The van der Waals surface area contributed by atoms with Gasteiger partial charge in [-0.1, -0.05) is 12.1 Å². The predicted molar refractivity (Wildman–Crippen MR) is 91.5 cm³/mol. The van der Waals surface area contributed by atoms with Crippen LogP contribution in [0.2, 0.25) is 0 Å². The smallest absolute Gasteiger partial charge is 0.367 e. The van der Waals surface area contributed by atoms with Gasteiger partial charge in [0.1, 0.15) is 18.8 Å². The van der Waals surface area contributed by atoms with Crippen molar-refractivity contribution >= 4 is 11.6 Å². The van der Waals surface area contributed by atoms with Crippen molar-refractivity contribution < 1.29 is 22.7 Å². The van der Waals surface area contributed by atoms with Crippen LogP contribution in [0.5, 0.6) is 0 Å². The molecule has 0 bridgehead atoms. The van der Waals surface area contributed by atoms with Gasteiger partial charge in [0, 0.05) is 18.0 Å². The fourth-order valence-corrected chi connectivity index (χ4v) is 2.25. The fraction of sp³-hybridized carbons (Fsp3) is 0.167. The highest BCUT2D eigenvalue weighted by atomic mass is 19.4. The minimum absolute atomic E-state index is 0.180. The number of pyridine rings is 1. The van der Waals surface area contributed by atoms with E-state index >= 15 is 0 Å². The predicted octanol–water partition coefficient (Wildman–Crippen LogP) is 3.60. The summed E-state index contributed by atoms with van der Waals surface area (Å²) in [6, 6.07) is 9.58. The van der Waals surface area contributed by atoms with Gasteiger partial charge in [0.15, 0.2) is 0 Å². The monoisotopic (exact) mass is 376 g/mol. The largest absolute Gasteiger partial charge is 0.411 e.